The van der Waals surface area contributed by atoms with E-state index in [0.29, 0.717) is 0 Å². The molecule has 0 saturated heterocycles. The summed E-state index contributed by atoms with van der Waals surface area (Å²) in [7, 11) is 1.24. The molecule has 0 aromatic heterocycles. The van der Waals surface area contributed by atoms with Crippen LogP contribution in [0.5, 0.6) is 0 Å². The van der Waals surface area contributed by atoms with Crippen LogP contribution >= 0.6 is 0 Å². The molecule has 0 fully saturated rings. The zero-order valence-electron chi connectivity index (χ0n) is 10.2. The van der Waals surface area contributed by atoms with E-state index in [9.17, 15) is 22.8 Å². The van der Waals surface area contributed by atoms with Gasteiger partial charge in [-0.15, -0.1) is 0 Å². The Balaban J connectivity index is 0. The molecule has 0 spiro atoms. The third-order valence-electron chi connectivity index (χ3n) is 1.44. The number of nitrogens with two attached hydrogens (primary N) is 1. The number of aliphatic carboxylic acids is 1. The molecule has 1 atom stereocenters. The molecular weight excluding hydrogens is 275 g/mol. The highest BCUT2D eigenvalue weighted by Gasteiger charge is 2.28. The molecule has 0 rings (SSSR count). The molecule has 1 unspecified atom stereocenters. The zero-order chi connectivity index (χ0) is 15.6. The van der Waals surface area contributed by atoms with Gasteiger partial charge in [-0.2, -0.15) is 13.2 Å². The molecule has 0 amide bonds. The average Bonchev–Trinajstić information content (AvgIpc) is 2.28. The number of esters is 2. The molecule has 0 aliphatic carbocycles. The molecule has 0 heterocycles. The largest absolute Gasteiger partial charge is 0.542 e. The highest BCUT2D eigenvalue weighted by atomic mass is 19.4. The molecule has 19 heavy (non-hydrogen) atoms. The minimum absolute atomic E-state index is 0.144. The second-order valence-electron chi connectivity index (χ2n) is 2.92. The summed E-state index contributed by atoms with van der Waals surface area (Å²) in [6.07, 6.45) is -5.34. The fourth-order valence-corrected chi connectivity index (χ4v) is 0.596. The van der Waals surface area contributed by atoms with E-state index < -0.39 is 30.1 Å². The first kappa shape index (κ1) is 19.5. The Labute approximate surface area is 106 Å². The second kappa shape index (κ2) is 9.14. The number of carbonyl (C=O) groups excluding carboxylic acids is 3. The lowest BCUT2D eigenvalue weighted by atomic mass is 10.2. The van der Waals surface area contributed by atoms with Crippen molar-refractivity contribution >= 4 is 17.9 Å². The smallest absolute Gasteiger partial charge is 0.430 e. The maximum absolute atomic E-state index is 10.8. The number of rotatable bonds is 4. The number of hydrogen-bond acceptors (Lipinski definition) is 7. The Morgan fingerprint density at radius 3 is 2.00 bits per heavy atom. The summed E-state index contributed by atoms with van der Waals surface area (Å²) in [6, 6.07) is -0.919. The summed E-state index contributed by atoms with van der Waals surface area (Å²) in [5.74, 6) is -4.11. The van der Waals surface area contributed by atoms with Crippen molar-refractivity contribution in [3.63, 3.8) is 0 Å². The first-order chi connectivity index (χ1) is 8.56. The topological polar surface area (TPSA) is 119 Å². The third kappa shape index (κ3) is 11.0. The van der Waals surface area contributed by atoms with E-state index in [1.165, 1.54) is 7.11 Å². The van der Waals surface area contributed by atoms with Crippen molar-refractivity contribution in [3.05, 3.63) is 0 Å². The lowest BCUT2D eigenvalue weighted by Crippen LogP contribution is -2.37. The van der Waals surface area contributed by atoms with E-state index in [1.807, 2.05) is 0 Å². The summed E-state index contributed by atoms with van der Waals surface area (Å²) < 4.78 is 40.4. The van der Waals surface area contributed by atoms with Gasteiger partial charge in [-0.1, -0.05) is 0 Å². The third-order valence-corrected chi connectivity index (χ3v) is 1.44. The predicted octanol–water partition coefficient (Wildman–Crippen LogP) is -1.26. The van der Waals surface area contributed by atoms with Gasteiger partial charge in [0.05, 0.1) is 20.1 Å². The number of carboxylic acids is 1. The Hall–Kier alpha value is -1.84. The average molecular weight is 288 g/mol. The Bertz CT molecular complexity index is 318. The minimum atomic E-state index is -5.19. The highest BCUT2D eigenvalue weighted by molar-refractivity contribution is 5.82. The summed E-state index contributed by atoms with van der Waals surface area (Å²) in [5, 5.41) is 8.78. The van der Waals surface area contributed by atoms with Crippen LogP contribution in [0.3, 0.4) is 0 Å². The van der Waals surface area contributed by atoms with Gasteiger partial charge in [-0.3, -0.25) is 9.59 Å². The quantitative estimate of drug-likeness (QED) is 0.641. The van der Waals surface area contributed by atoms with Gasteiger partial charge in [-0.25, -0.2) is 0 Å². The van der Waals surface area contributed by atoms with E-state index in [0.717, 1.165) is 0 Å². The first-order valence-corrected chi connectivity index (χ1v) is 4.83. The minimum Gasteiger partial charge on any atom is -0.542 e. The number of halogens is 3. The Kier molecular flexibility index (Phi) is 9.38. The van der Waals surface area contributed by atoms with Crippen LogP contribution < -0.4 is 10.8 Å². The molecule has 0 saturated carbocycles. The van der Waals surface area contributed by atoms with Crippen molar-refractivity contribution in [2.75, 3.05) is 13.7 Å². The Morgan fingerprint density at radius 1 is 1.32 bits per heavy atom. The first-order valence-electron chi connectivity index (χ1n) is 4.83. The van der Waals surface area contributed by atoms with Crippen LogP contribution in [0, 0.1) is 0 Å². The molecule has 0 bridgehead atoms. The maximum Gasteiger partial charge on any atom is 0.430 e. The van der Waals surface area contributed by atoms with Gasteiger partial charge in [0.25, 0.3) is 0 Å². The number of methoxy groups -OCH3 is 1. The zero-order valence-corrected chi connectivity index (χ0v) is 10.2. The van der Waals surface area contributed by atoms with Crippen LogP contribution in [-0.2, 0) is 23.9 Å². The van der Waals surface area contributed by atoms with Gasteiger partial charge >= 0.3 is 18.1 Å². The standard InChI is InChI=1S/C7H13NO4.C2HF3O2/c1-3-12-7(10)5(8)4-6(9)11-2;3-2(4,5)1(6)7/h5H,3-4,8H2,1-2H3;(H,6,7)/p-1. The van der Waals surface area contributed by atoms with E-state index in [4.69, 9.17) is 15.6 Å². The summed E-state index contributed by atoms with van der Waals surface area (Å²) in [6.45, 7) is 1.93. The molecule has 0 aliphatic rings. The van der Waals surface area contributed by atoms with E-state index in [-0.39, 0.29) is 13.0 Å². The van der Waals surface area contributed by atoms with Crippen LogP contribution in [0.2, 0.25) is 0 Å². The predicted molar refractivity (Wildman–Crippen MR) is 52.3 cm³/mol. The van der Waals surface area contributed by atoms with E-state index in [1.54, 1.807) is 6.92 Å². The van der Waals surface area contributed by atoms with Gasteiger partial charge < -0.3 is 25.1 Å². The van der Waals surface area contributed by atoms with Crippen molar-refractivity contribution < 1.29 is 42.1 Å². The fraction of sp³-hybridized carbons (Fsp3) is 0.667. The van der Waals surface area contributed by atoms with Gasteiger partial charge in [0.2, 0.25) is 0 Å². The van der Waals surface area contributed by atoms with Gasteiger partial charge in [0, 0.05) is 0 Å². The van der Waals surface area contributed by atoms with Crippen LogP contribution in [-0.4, -0.2) is 43.8 Å². The number of carboxylic acid groups (broad SMARTS) is 1. The molecule has 0 radical (unpaired) electrons. The summed E-state index contributed by atoms with van der Waals surface area (Å²) >= 11 is 0. The van der Waals surface area contributed by atoms with E-state index >= 15 is 0 Å². The second-order valence-corrected chi connectivity index (χ2v) is 2.92. The number of carbonyl (C=O) groups is 3. The monoisotopic (exact) mass is 288 g/mol. The fourth-order valence-electron chi connectivity index (χ4n) is 0.596. The van der Waals surface area contributed by atoms with Crippen LogP contribution in [0.15, 0.2) is 0 Å². The lowest BCUT2D eigenvalue weighted by molar-refractivity contribution is -0.344. The highest BCUT2D eigenvalue weighted by Crippen LogP contribution is 2.11. The molecular formula is C9H13F3NO6-. The maximum atomic E-state index is 10.8. The number of alkyl halides is 3. The van der Waals surface area contributed by atoms with Crippen molar-refractivity contribution in [1.82, 2.24) is 0 Å². The molecule has 10 heteroatoms. The molecule has 2 N–H and O–H groups in total. The van der Waals surface area contributed by atoms with Gasteiger partial charge in [0.15, 0.2) is 0 Å². The van der Waals surface area contributed by atoms with Crippen molar-refractivity contribution in [3.8, 4) is 0 Å². The molecule has 0 aromatic carbocycles. The summed E-state index contributed by atoms with van der Waals surface area (Å²) in [5.41, 5.74) is 5.30. The summed E-state index contributed by atoms with van der Waals surface area (Å²) in [4.78, 5) is 30.2. The Morgan fingerprint density at radius 2 is 1.74 bits per heavy atom. The normalized spacial score (nSPS) is 11.7. The molecule has 112 valence electrons. The van der Waals surface area contributed by atoms with Crippen LogP contribution in [0.4, 0.5) is 13.2 Å². The van der Waals surface area contributed by atoms with Crippen molar-refractivity contribution in [2.24, 2.45) is 5.73 Å². The molecule has 0 aliphatic heterocycles. The van der Waals surface area contributed by atoms with Crippen molar-refractivity contribution in [1.29, 1.82) is 0 Å². The number of ether oxygens (including phenoxy) is 2. The van der Waals surface area contributed by atoms with Gasteiger partial charge in [-0.05, 0) is 6.92 Å². The molecule has 7 nitrogen and oxygen atoms in total. The van der Waals surface area contributed by atoms with E-state index in [2.05, 4.69) is 9.47 Å². The number of hydrogen-bond donors (Lipinski definition) is 1. The SMILES string of the molecule is CCOC(=O)C(N)CC(=O)OC.O=C([O-])C(F)(F)F. The molecule has 0 aromatic rings. The van der Waals surface area contributed by atoms with Crippen LogP contribution in [0.1, 0.15) is 13.3 Å². The lowest BCUT2D eigenvalue weighted by Gasteiger charge is -2.08. The van der Waals surface area contributed by atoms with Gasteiger partial charge in [0.1, 0.15) is 12.0 Å². The van der Waals surface area contributed by atoms with Crippen molar-refractivity contribution in [2.45, 2.75) is 25.6 Å². The van der Waals surface area contributed by atoms with Crippen LogP contribution in [0.25, 0.3) is 0 Å².